The lowest BCUT2D eigenvalue weighted by molar-refractivity contribution is -0.151. The molecule has 1 aromatic carbocycles. The van der Waals surface area contributed by atoms with Gasteiger partial charge in [-0.15, -0.1) is 11.3 Å². The number of hydrogen-bond donors (Lipinski definition) is 2. The van der Waals surface area contributed by atoms with E-state index in [1.807, 2.05) is 0 Å². The SMILES string of the molecule is COC(=O)OC1=C(CN2CC(F)(F)CC[C@H]2C(=O)O)NC(c2nccs2)=N[C@@H]1c1cccc(F)c1Cl. The van der Waals surface area contributed by atoms with Crippen LogP contribution >= 0.6 is 22.9 Å². The van der Waals surface area contributed by atoms with Gasteiger partial charge in [0.2, 0.25) is 0 Å². The number of benzene rings is 1. The number of carboxylic acids is 1. The Kier molecular flexibility index (Phi) is 7.52. The van der Waals surface area contributed by atoms with E-state index in [1.54, 1.807) is 5.38 Å². The maximum absolute atomic E-state index is 14.3. The third kappa shape index (κ3) is 5.47. The van der Waals surface area contributed by atoms with Gasteiger partial charge in [-0.25, -0.2) is 27.9 Å². The van der Waals surface area contributed by atoms with Crippen molar-refractivity contribution in [1.29, 1.82) is 0 Å². The average molecular weight is 545 g/mol. The largest absolute Gasteiger partial charge is 0.513 e. The highest BCUT2D eigenvalue weighted by atomic mass is 35.5. The first kappa shape index (κ1) is 25.9. The number of aromatic nitrogens is 1. The number of amidine groups is 1. The zero-order valence-electron chi connectivity index (χ0n) is 18.7. The number of piperidine rings is 1. The summed E-state index contributed by atoms with van der Waals surface area (Å²) in [7, 11) is 1.07. The third-order valence-corrected chi connectivity index (χ3v) is 6.83. The monoisotopic (exact) mass is 544 g/mol. The molecule has 1 aromatic heterocycles. The molecule has 9 nitrogen and oxygen atoms in total. The molecule has 0 amide bonds. The van der Waals surface area contributed by atoms with Gasteiger partial charge in [-0.1, -0.05) is 23.7 Å². The summed E-state index contributed by atoms with van der Waals surface area (Å²) >= 11 is 7.43. The number of nitrogens with zero attached hydrogens (tertiary/aromatic N) is 3. The average Bonchev–Trinajstić information content (AvgIpc) is 3.36. The number of methoxy groups -OCH3 is 1. The fraction of sp³-hybridized carbons (Fsp3) is 0.364. The molecule has 36 heavy (non-hydrogen) atoms. The minimum Gasteiger partial charge on any atom is -0.480 e. The van der Waals surface area contributed by atoms with E-state index in [0.29, 0.717) is 5.01 Å². The quantitative estimate of drug-likeness (QED) is 0.520. The van der Waals surface area contributed by atoms with Gasteiger partial charge in [0.05, 0.1) is 24.4 Å². The number of carbonyl (C=O) groups excluding carboxylic acids is 1. The Morgan fingerprint density at radius 1 is 1.39 bits per heavy atom. The number of ether oxygens (including phenoxy) is 2. The molecule has 2 aromatic rings. The number of carboxylic acid groups (broad SMARTS) is 1. The number of thiazole rings is 1. The predicted octanol–water partition coefficient (Wildman–Crippen LogP) is 4.21. The van der Waals surface area contributed by atoms with Crippen molar-refractivity contribution in [2.45, 2.75) is 30.8 Å². The fourth-order valence-electron chi connectivity index (χ4n) is 4.01. The molecule has 0 spiro atoms. The van der Waals surface area contributed by atoms with Gasteiger partial charge in [-0.3, -0.25) is 9.69 Å². The van der Waals surface area contributed by atoms with E-state index in [0.717, 1.165) is 18.1 Å². The third-order valence-electron chi connectivity index (χ3n) is 5.65. The highest BCUT2D eigenvalue weighted by Crippen LogP contribution is 2.38. The molecule has 0 unspecified atom stereocenters. The summed E-state index contributed by atoms with van der Waals surface area (Å²) < 4.78 is 52.9. The first-order valence-corrected chi connectivity index (χ1v) is 11.9. The van der Waals surface area contributed by atoms with Crippen LogP contribution in [0.1, 0.15) is 29.5 Å². The molecule has 0 saturated carbocycles. The Bertz CT molecular complexity index is 1220. The van der Waals surface area contributed by atoms with Crippen LogP contribution in [0.3, 0.4) is 0 Å². The summed E-state index contributed by atoms with van der Waals surface area (Å²) in [4.78, 5) is 33.7. The highest BCUT2D eigenvalue weighted by Gasteiger charge is 2.44. The summed E-state index contributed by atoms with van der Waals surface area (Å²) in [5, 5.41) is 14.4. The van der Waals surface area contributed by atoms with Gasteiger partial charge < -0.3 is 19.9 Å². The van der Waals surface area contributed by atoms with E-state index < -0.39 is 48.9 Å². The van der Waals surface area contributed by atoms with Crippen LogP contribution in [0.2, 0.25) is 5.02 Å². The highest BCUT2D eigenvalue weighted by molar-refractivity contribution is 7.11. The minimum absolute atomic E-state index is 0.0508. The van der Waals surface area contributed by atoms with Crippen molar-refractivity contribution in [3.63, 3.8) is 0 Å². The Labute approximate surface area is 212 Å². The molecule has 0 aliphatic carbocycles. The number of halogens is 4. The van der Waals surface area contributed by atoms with Crippen LogP contribution in [0, 0.1) is 5.82 Å². The molecular weight excluding hydrogens is 525 g/mol. The van der Waals surface area contributed by atoms with Crippen molar-refractivity contribution in [2.75, 3.05) is 20.2 Å². The smallest absolute Gasteiger partial charge is 0.480 e. The summed E-state index contributed by atoms with van der Waals surface area (Å²) in [5.41, 5.74) is 0.178. The minimum atomic E-state index is -3.12. The van der Waals surface area contributed by atoms with Crippen LogP contribution in [0.15, 0.2) is 46.2 Å². The van der Waals surface area contributed by atoms with Gasteiger partial charge >= 0.3 is 12.1 Å². The lowest BCUT2D eigenvalue weighted by Gasteiger charge is -2.38. The fourth-order valence-corrected chi connectivity index (χ4v) is 4.83. The van der Waals surface area contributed by atoms with Crippen molar-refractivity contribution in [1.82, 2.24) is 15.2 Å². The van der Waals surface area contributed by atoms with Gasteiger partial charge in [0.1, 0.15) is 17.9 Å². The molecule has 2 aliphatic rings. The summed E-state index contributed by atoms with van der Waals surface area (Å²) in [6, 6.07) is 1.58. The number of nitrogens with one attached hydrogen (secondary N) is 1. The molecule has 2 atom stereocenters. The zero-order chi connectivity index (χ0) is 26.0. The number of hydrogen-bond acceptors (Lipinski definition) is 9. The van der Waals surface area contributed by atoms with Gasteiger partial charge in [-0.2, -0.15) is 0 Å². The standard InChI is InChI=1S/C22H20ClF3N4O5S/c1-34-21(33)35-17-13(9-30-10-22(25,26)6-5-14(30)20(31)32)28-18(19-27-7-8-36-19)29-16(17)11-3-2-4-12(24)15(11)23/h2-4,7-8,14,16H,5-6,9-10H2,1H3,(H,28,29)(H,31,32)/t14-,16+/m0/s1. The van der Waals surface area contributed by atoms with Crippen LogP contribution in [-0.2, 0) is 14.3 Å². The molecule has 4 rings (SSSR count). The van der Waals surface area contributed by atoms with Crippen molar-refractivity contribution < 1.29 is 37.3 Å². The topological polar surface area (TPSA) is 113 Å². The van der Waals surface area contributed by atoms with E-state index in [2.05, 4.69) is 20.0 Å². The molecule has 0 radical (unpaired) electrons. The lowest BCUT2D eigenvalue weighted by Crippen LogP contribution is -2.54. The summed E-state index contributed by atoms with van der Waals surface area (Å²) in [5.74, 6) is -5.16. The van der Waals surface area contributed by atoms with E-state index in [9.17, 15) is 27.9 Å². The van der Waals surface area contributed by atoms with Crippen LogP contribution < -0.4 is 5.32 Å². The number of rotatable bonds is 6. The number of aliphatic imine (C=N–C) groups is 1. The number of alkyl halides is 2. The first-order chi connectivity index (χ1) is 17.1. The molecule has 3 heterocycles. The van der Waals surface area contributed by atoms with Gasteiger partial charge in [0.25, 0.3) is 5.92 Å². The molecule has 1 fully saturated rings. The number of likely N-dealkylation sites (tertiary alicyclic amines) is 1. The molecular formula is C22H20ClF3N4O5S. The van der Waals surface area contributed by atoms with Crippen molar-refractivity contribution in [3.05, 3.63) is 62.6 Å². The second-order valence-corrected chi connectivity index (χ2v) is 9.31. The Morgan fingerprint density at radius 2 is 2.17 bits per heavy atom. The predicted molar refractivity (Wildman–Crippen MR) is 124 cm³/mol. The molecule has 14 heteroatoms. The van der Waals surface area contributed by atoms with E-state index in [1.165, 1.54) is 29.7 Å². The van der Waals surface area contributed by atoms with Crippen molar-refractivity contribution in [3.8, 4) is 0 Å². The normalized spacial score (nSPS) is 22.0. The lowest BCUT2D eigenvalue weighted by atomic mass is 9.97. The molecule has 2 N–H and O–H groups in total. The van der Waals surface area contributed by atoms with E-state index in [-0.39, 0.29) is 40.8 Å². The zero-order valence-corrected chi connectivity index (χ0v) is 20.3. The van der Waals surface area contributed by atoms with Crippen molar-refractivity contribution in [2.24, 2.45) is 4.99 Å². The first-order valence-electron chi connectivity index (χ1n) is 10.6. The maximum atomic E-state index is 14.3. The molecule has 0 bridgehead atoms. The van der Waals surface area contributed by atoms with Gasteiger partial charge in [0.15, 0.2) is 16.6 Å². The summed E-state index contributed by atoms with van der Waals surface area (Å²) in [6.45, 7) is -1.22. The van der Waals surface area contributed by atoms with Crippen LogP contribution in [0.5, 0.6) is 0 Å². The van der Waals surface area contributed by atoms with Crippen LogP contribution in [0.25, 0.3) is 0 Å². The second-order valence-electron chi connectivity index (χ2n) is 8.04. The Morgan fingerprint density at radius 3 is 2.83 bits per heavy atom. The Balaban J connectivity index is 1.84. The van der Waals surface area contributed by atoms with Crippen LogP contribution in [-0.4, -0.2) is 65.1 Å². The van der Waals surface area contributed by atoms with Gasteiger partial charge in [-0.05, 0) is 12.5 Å². The molecule has 192 valence electrons. The second kappa shape index (κ2) is 10.4. The van der Waals surface area contributed by atoms with E-state index in [4.69, 9.17) is 16.3 Å². The van der Waals surface area contributed by atoms with Crippen molar-refractivity contribution >= 4 is 40.9 Å². The molecule has 2 aliphatic heterocycles. The van der Waals surface area contributed by atoms with E-state index >= 15 is 0 Å². The number of carbonyl (C=O) groups is 2. The number of aliphatic carboxylic acids is 1. The van der Waals surface area contributed by atoms with Crippen LogP contribution in [0.4, 0.5) is 18.0 Å². The van der Waals surface area contributed by atoms with Gasteiger partial charge in [0, 0.05) is 30.1 Å². The molecule has 1 saturated heterocycles. The maximum Gasteiger partial charge on any atom is 0.513 e. The summed E-state index contributed by atoms with van der Waals surface area (Å²) in [6.07, 6.45) is -0.487. The Hall–Kier alpha value is -3.16.